The molecule has 0 spiro atoms. The first-order valence-electron chi connectivity index (χ1n) is 7.44. The third kappa shape index (κ3) is 4.20. The van der Waals surface area contributed by atoms with Crippen LogP contribution in [0.5, 0.6) is 0 Å². The van der Waals surface area contributed by atoms with E-state index in [2.05, 4.69) is 5.32 Å². The molecule has 2 fully saturated rings. The molecule has 0 aliphatic carbocycles. The normalized spacial score (nSPS) is 25.3. The predicted octanol–water partition coefficient (Wildman–Crippen LogP) is 0.490. The summed E-state index contributed by atoms with van der Waals surface area (Å²) >= 11 is 0. The van der Waals surface area contributed by atoms with Crippen molar-refractivity contribution in [3.05, 3.63) is 0 Å². The number of nitrogens with one attached hydrogen (secondary N) is 1. The average molecular weight is 267 g/mol. The smallest absolute Gasteiger partial charge is 0.222 e. The van der Waals surface area contributed by atoms with Crippen LogP contribution >= 0.6 is 0 Å². The molecule has 1 unspecified atom stereocenters. The van der Waals surface area contributed by atoms with E-state index in [1.807, 2.05) is 4.90 Å². The van der Waals surface area contributed by atoms with E-state index < -0.39 is 0 Å². The molecule has 2 amide bonds. The maximum absolute atomic E-state index is 12.2. The Morgan fingerprint density at radius 2 is 1.95 bits per heavy atom. The number of amides is 2. The number of primary amides is 1. The molecular formula is C14H25N3O2. The molecule has 2 rings (SSSR count). The van der Waals surface area contributed by atoms with E-state index in [1.54, 1.807) is 0 Å². The van der Waals surface area contributed by atoms with Crippen molar-refractivity contribution in [3.63, 3.8) is 0 Å². The number of carbonyl (C=O) groups excluding carboxylic acids is 2. The van der Waals surface area contributed by atoms with E-state index in [4.69, 9.17) is 5.73 Å². The van der Waals surface area contributed by atoms with Crippen LogP contribution in [-0.2, 0) is 9.59 Å². The number of piperidine rings is 2. The van der Waals surface area contributed by atoms with Crippen LogP contribution in [0.1, 0.15) is 38.5 Å². The van der Waals surface area contributed by atoms with E-state index >= 15 is 0 Å². The average Bonchev–Trinajstić information content (AvgIpc) is 2.46. The van der Waals surface area contributed by atoms with Crippen LogP contribution in [-0.4, -0.2) is 42.9 Å². The van der Waals surface area contributed by atoms with Crippen molar-refractivity contribution >= 4 is 11.8 Å². The van der Waals surface area contributed by atoms with E-state index in [1.165, 1.54) is 12.8 Å². The summed E-state index contributed by atoms with van der Waals surface area (Å²) in [4.78, 5) is 25.2. The van der Waals surface area contributed by atoms with Crippen molar-refractivity contribution in [3.8, 4) is 0 Å². The number of nitrogens with two attached hydrogens (primary N) is 1. The standard InChI is InChI=1S/C14H25N3O2/c15-14(19)12-2-1-9-17(10-12)13(18)4-3-11-5-7-16-8-6-11/h11-12,16H,1-10H2,(H2,15,19). The lowest BCUT2D eigenvalue weighted by Gasteiger charge is -2.32. The minimum Gasteiger partial charge on any atom is -0.369 e. The number of likely N-dealkylation sites (tertiary alicyclic amines) is 1. The number of hydrogen-bond acceptors (Lipinski definition) is 3. The van der Waals surface area contributed by atoms with Crippen molar-refractivity contribution in [2.45, 2.75) is 38.5 Å². The molecule has 0 aromatic heterocycles. The largest absolute Gasteiger partial charge is 0.369 e. The Hall–Kier alpha value is -1.10. The first-order valence-corrected chi connectivity index (χ1v) is 7.44. The molecule has 2 saturated heterocycles. The zero-order valence-electron chi connectivity index (χ0n) is 11.6. The molecule has 0 aromatic carbocycles. The highest BCUT2D eigenvalue weighted by Crippen LogP contribution is 2.21. The second-order valence-corrected chi connectivity index (χ2v) is 5.81. The monoisotopic (exact) mass is 267 g/mol. The SMILES string of the molecule is NC(=O)C1CCCN(C(=O)CCC2CCNCC2)C1. The molecule has 2 aliphatic heterocycles. The zero-order valence-corrected chi connectivity index (χ0v) is 11.6. The van der Waals surface area contributed by atoms with Gasteiger partial charge in [0.1, 0.15) is 0 Å². The molecule has 2 heterocycles. The van der Waals surface area contributed by atoms with Gasteiger partial charge in [0.2, 0.25) is 11.8 Å². The van der Waals surface area contributed by atoms with Gasteiger partial charge in [-0.2, -0.15) is 0 Å². The molecule has 5 nitrogen and oxygen atoms in total. The fourth-order valence-electron chi connectivity index (χ4n) is 3.09. The third-order valence-corrected chi connectivity index (χ3v) is 4.40. The number of hydrogen-bond donors (Lipinski definition) is 2. The molecule has 0 saturated carbocycles. The molecule has 108 valence electrons. The van der Waals surface area contributed by atoms with Gasteiger partial charge in [0.25, 0.3) is 0 Å². The molecule has 5 heteroatoms. The Balaban J connectivity index is 1.74. The predicted molar refractivity (Wildman–Crippen MR) is 73.3 cm³/mol. The van der Waals surface area contributed by atoms with Crippen molar-refractivity contribution in [2.75, 3.05) is 26.2 Å². The summed E-state index contributed by atoms with van der Waals surface area (Å²) in [5.74, 6) is 0.471. The molecular weight excluding hydrogens is 242 g/mol. The van der Waals surface area contributed by atoms with Gasteiger partial charge in [0.15, 0.2) is 0 Å². The van der Waals surface area contributed by atoms with E-state index in [9.17, 15) is 9.59 Å². The molecule has 0 aromatic rings. The molecule has 2 aliphatic rings. The van der Waals surface area contributed by atoms with Gasteiger partial charge in [-0.25, -0.2) is 0 Å². The Kier molecular flexibility index (Phi) is 5.19. The highest BCUT2D eigenvalue weighted by molar-refractivity contribution is 5.80. The summed E-state index contributed by atoms with van der Waals surface area (Å²) in [6.45, 7) is 3.47. The lowest BCUT2D eigenvalue weighted by molar-refractivity contribution is -0.135. The van der Waals surface area contributed by atoms with Gasteiger partial charge in [-0.3, -0.25) is 9.59 Å². The lowest BCUT2D eigenvalue weighted by atomic mass is 9.92. The second-order valence-electron chi connectivity index (χ2n) is 5.81. The Morgan fingerprint density at radius 1 is 1.21 bits per heavy atom. The van der Waals surface area contributed by atoms with Crippen LogP contribution < -0.4 is 11.1 Å². The topological polar surface area (TPSA) is 75.4 Å². The van der Waals surface area contributed by atoms with Crippen LogP contribution in [0.2, 0.25) is 0 Å². The van der Waals surface area contributed by atoms with Crippen LogP contribution in [0.4, 0.5) is 0 Å². The van der Waals surface area contributed by atoms with Crippen LogP contribution in [0.15, 0.2) is 0 Å². The second kappa shape index (κ2) is 6.89. The molecule has 1 atom stereocenters. The Morgan fingerprint density at radius 3 is 2.63 bits per heavy atom. The summed E-state index contributed by atoms with van der Waals surface area (Å²) in [5.41, 5.74) is 5.34. The Labute approximate surface area is 114 Å². The maximum Gasteiger partial charge on any atom is 0.222 e. The fourth-order valence-corrected chi connectivity index (χ4v) is 3.09. The van der Waals surface area contributed by atoms with E-state index in [0.29, 0.717) is 18.9 Å². The molecule has 0 bridgehead atoms. The van der Waals surface area contributed by atoms with Gasteiger partial charge in [0, 0.05) is 19.5 Å². The van der Waals surface area contributed by atoms with Gasteiger partial charge in [-0.05, 0) is 51.1 Å². The zero-order chi connectivity index (χ0) is 13.7. The fraction of sp³-hybridized carbons (Fsp3) is 0.857. The number of rotatable bonds is 4. The first kappa shape index (κ1) is 14.3. The molecule has 0 radical (unpaired) electrons. The molecule has 3 N–H and O–H groups in total. The van der Waals surface area contributed by atoms with Crippen LogP contribution in [0.25, 0.3) is 0 Å². The summed E-state index contributed by atoms with van der Waals surface area (Å²) in [6.07, 6.45) is 5.68. The van der Waals surface area contributed by atoms with Gasteiger partial charge in [0.05, 0.1) is 5.92 Å². The minimum atomic E-state index is -0.268. The van der Waals surface area contributed by atoms with Crippen molar-refractivity contribution < 1.29 is 9.59 Å². The van der Waals surface area contributed by atoms with Crippen molar-refractivity contribution in [1.29, 1.82) is 0 Å². The number of carbonyl (C=O) groups is 2. The molecule has 19 heavy (non-hydrogen) atoms. The summed E-state index contributed by atoms with van der Waals surface area (Å²) in [5, 5.41) is 3.34. The highest BCUT2D eigenvalue weighted by Gasteiger charge is 2.27. The van der Waals surface area contributed by atoms with Crippen molar-refractivity contribution in [1.82, 2.24) is 10.2 Å². The summed E-state index contributed by atoms with van der Waals surface area (Å²) < 4.78 is 0. The van der Waals surface area contributed by atoms with Crippen molar-refractivity contribution in [2.24, 2.45) is 17.6 Å². The highest BCUT2D eigenvalue weighted by atomic mass is 16.2. The number of nitrogens with zero attached hydrogens (tertiary/aromatic N) is 1. The first-order chi connectivity index (χ1) is 9.16. The van der Waals surface area contributed by atoms with Gasteiger partial charge in [-0.1, -0.05) is 0 Å². The van der Waals surface area contributed by atoms with Gasteiger partial charge in [-0.15, -0.1) is 0 Å². The third-order valence-electron chi connectivity index (χ3n) is 4.40. The van der Waals surface area contributed by atoms with E-state index in [0.717, 1.165) is 38.9 Å². The van der Waals surface area contributed by atoms with Crippen LogP contribution in [0.3, 0.4) is 0 Å². The van der Waals surface area contributed by atoms with E-state index in [-0.39, 0.29) is 17.7 Å². The van der Waals surface area contributed by atoms with Gasteiger partial charge >= 0.3 is 0 Å². The lowest BCUT2D eigenvalue weighted by Crippen LogP contribution is -2.44. The summed E-state index contributed by atoms with van der Waals surface area (Å²) in [7, 11) is 0. The summed E-state index contributed by atoms with van der Waals surface area (Å²) in [6, 6.07) is 0. The Bertz CT molecular complexity index is 327. The van der Waals surface area contributed by atoms with Crippen LogP contribution in [0, 0.1) is 11.8 Å². The quantitative estimate of drug-likeness (QED) is 0.778. The minimum absolute atomic E-state index is 0.142. The maximum atomic E-state index is 12.2. The van der Waals surface area contributed by atoms with Gasteiger partial charge < -0.3 is 16.0 Å².